The topological polar surface area (TPSA) is 29.1 Å². The Labute approximate surface area is 190 Å². The van der Waals surface area contributed by atoms with Crippen LogP contribution in [0.25, 0.3) is 53.5 Å². The first kappa shape index (κ1) is 19.3. The maximum absolute atomic E-state index is 12.5. The van der Waals surface area contributed by atoms with Gasteiger partial charge in [0.1, 0.15) is 0 Å². The molecule has 0 spiro atoms. The van der Waals surface area contributed by atoms with Gasteiger partial charge >= 0.3 is 0 Å². The van der Waals surface area contributed by atoms with Gasteiger partial charge < -0.3 is 5.32 Å². The Bertz CT molecular complexity index is 1560. The molecule has 0 aliphatic carbocycles. The quantitative estimate of drug-likeness (QED) is 0.167. The summed E-state index contributed by atoms with van der Waals surface area (Å²) in [6, 6.07) is 28.3. The minimum absolute atomic E-state index is 0.0260. The first-order valence-electron chi connectivity index (χ1n) is 11.2. The van der Waals surface area contributed by atoms with Gasteiger partial charge in [-0.3, -0.25) is 4.79 Å². The van der Waals surface area contributed by atoms with E-state index in [0.717, 1.165) is 29.1 Å². The fourth-order valence-corrected chi connectivity index (χ4v) is 5.89. The van der Waals surface area contributed by atoms with E-state index < -0.39 is 0 Å². The first-order valence-corrected chi connectivity index (χ1v) is 12.0. The normalized spacial score (nSPS) is 11.8. The van der Waals surface area contributed by atoms with Crippen molar-refractivity contribution >= 4 is 60.3 Å². The van der Waals surface area contributed by atoms with E-state index in [4.69, 9.17) is 0 Å². The number of hydrogen-bond acceptors (Lipinski definition) is 2. The van der Waals surface area contributed by atoms with Crippen LogP contribution < -0.4 is 5.32 Å². The zero-order valence-corrected chi connectivity index (χ0v) is 18.8. The molecule has 6 aromatic rings. The number of benzene rings is 5. The van der Waals surface area contributed by atoms with E-state index in [1.807, 2.05) is 6.07 Å². The number of amides is 1. The highest BCUT2D eigenvalue weighted by Crippen LogP contribution is 2.43. The first-order chi connectivity index (χ1) is 15.8. The van der Waals surface area contributed by atoms with Gasteiger partial charge in [0.15, 0.2) is 0 Å². The average Bonchev–Trinajstić information content (AvgIpc) is 3.32. The monoisotopic (exact) mass is 433 g/mol. The van der Waals surface area contributed by atoms with Gasteiger partial charge in [0, 0.05) is 11.4 Å². The smallest absolute Gasteiger partial charge is 0.261 e. The molecule has 156 valence electrons. The van der Waals surface area contributed by atoms with Crippen LogP contribution in [0.4, 0.5) is 0 Å². The van der Waals surface area contributed by atoms with Crippen LogP contribution in [0.5, 0.6) is 0 Å². The van der Waals surface area contributed by atoms with Crippen LogP contribution >= 0.6 is 11.3 Å². The summed E-state index contributed by atoms with van der Waals surface area (Å²) in [6.45, 7) is 2.86. The predicted molar refractivity (Wildman–Crippen MR) is 138 cm³/mol. The second kappa shape index (κ2) is 7.61. The van der Waals surface area contributed by atoms with Crippen molar-refractivity contribution < 1.29 is 4.79 Å². The van der Waals surface area contributed by atoms with Gasteiger partial charge in [0.25, 0.3) is 5.91 Å². The lowest BCUT2D eigenvalue weighted by atomic mass is 9.88. The SMILES string of the molecule is CCCCNC(=O)c1ccc(-c2ccc3c4cccc5cccc(c6cccc2c63)c54)s1. The van der Waals surface area contributed by atoms with Crippen LogP contribution in [0.15, 0.2) is 78.9 Å². The van der Waals surface area contributed by atoms with Crippen LogP contribution in [0.2, 0.25) is 0 Å². The van der Waals surface area contributed by atoms with Crippen molar-refractivity contribution in [2.45, 2.75) is 19.8 Å². The number of thiophene rings is 1. The number of nitrogens with one attached hydrogen (secondary N) is 1. The van der Waals surface area contributed by atoms with E-state index in [1.165, 1.54) is 48.7 Å². The van der Waals surface area contributed by atoms with Gasteiger partial charge in [0.2, 0.25) is 0 Å². The summed E-state index contributed by atoms with van der Waals surface area (Å²) in [4.78, 5) is 14.4. The molecule has 0 bridgehead atoms. The number of carbonyl (C=O) groups excluding carboxylic acids is 1. The molecular weight excluding hydrogens is 410 g/mol. The highest BCUT2D eigenvalue weighted by Gasteiger charge is 2.16. The van der Waals surface area contributed by atoms with Crippen molar-refractivity contribution in [2.24, 2.45) is 0 Å². The fourth-order valence-electron chi connectivity index (χ4n) is 4.93. The summed E-state index contributed by atoms with van der Waals surface area (Å²) in [5.41, 5.74) is 1.19. The number of hydrogen-bond donors (Lipinski definition) is 1. The van der Waals surface area contributed by atoms with Crippen LogP contribution in [-0.2, 0) is 0 Å². The molecule has 0 fully saturated rings. The van der Waals surface area contributed by atoms with Gasteiger partial charge in [-0.15, -0.1) is 11.3 Å². The maximum Gasteiger partial charge on any atom is 0.261 e. The van der Waals surface area contributed by atoms with Crippen LogP contribution in [0.3, 0.4) is 0 Å². The number of fused-ring (bicyclic) bond motifs is 2. The Balaban J connectivity index is 1.56. The molecule has 0 unspecified atom stereocenters. The highest BCUT2D eigenvalue weighted by molar-refractivity contribution is 7.17. The van der Waals surface area contributed by atoms with E-state index in [1.54, 1.807) is 11.3 Å². The molecule has 0 aliphatic heterocycles. The highest BCUT2D eigenvalue weighted by atomic mass is 32.1. The van der Waals surface area contributed by atoms with Crippen molar-refractivity contribution in [1.82, 2.24) is 5.32 Å². The van der Waals surface area contributed by atoms with Crippen LogP contribution in [-0.4, -0.2) is 12.5 Å². The standard InChI is InChI=1S/C29H23NOS/c1-2-3-17-30-29(31)26-16-15-25(32-26)19-13-14-24-22-10-5-8-18-7-4-9-21(27(18)22)23-12-6-11-20(19)28(23)24/h4-16H,2-3,17H2,1H3,(H,30,31). The van der Waals surface area contributed by atoms with Crippen molar-refractivity contribution in [3.8, 4) is 10.4 Å². The average molecular weight is 434 g/mol. The Morgan fingerprint density at radius 1 is 0.750 bits per heavy atom. The molecule has 0 radical (unpaired) electrons. The third kappa shape index (κ3) is 2.89. The zero-order chi connectivity index (χ0) is 21.7. The lowest BCUT2D eigenvalue weighted by Crippen LogP contribution is -2.23. The van der Waals surface area contributed by atoms with E-state index in [-0.39, 0.29) is 5.91 Å². The number of rotatable bonds is 5. The van der Waals surface area contributed by atoms with Gasteiger partial charge in [-0.1, -0.05) is 80.1 Å². The summed E-state index contributed by atoms with van der Waals surface area (Å²) in [5, 5.41) is 13.4. The molecular formula is C29H23NOS. The van der Waals surface area contributed by atoms with E-state index >= 15 is 0 Å². The minimum atomic E-state index is 0.0260. The van der Waals surface area contributed by atoms with E-state index in [0.29, 0.717) is 0 Å². The second-order valence-electron chi connectivity index (χ2n) is 8.37. The molecule has 1 amide bonds. The summed E-state index contributed by atoms with van der Waals surface area (Å²) in [6.07, 6.45) is 2.08. The van der Waals surface area contributed by atoms with Crippen LogP contribution in [0.1, 0.15) is 29.4 Å². The molecule has 32 heavy (non-hydrogen) atoms. The van der Waals surface area contributed by atoms with Gasteiger partial charge in [0.05, 0.1) is 4.88 Å². The Morgan fingerprint density at radius 2 is 1.41 bits per heavy atom. The van der Waals surface area contributed by atoms with Crippen molar-refractivity contribution in [3.63, 3.8) is 0 Å². The third-order valence-corrected chi connectivity index (χ3v) is 7.55. The second-order valence-corrected chi connectivity index (χ2v) is 9.46. The lowest BCUT2D eigenvalue weighted by molar-refractivity contribution is 0.0957. The van der Waals surface area contributed by atoms with Gasteiger partial charge in [-0.05, 0) is 67.2 Å². The van der Waals surface area contributed by atoms with Crippen molar-refractivity contribution in [3.05, 3.63) is 83.7 Å². The molecule has 0 saturated carbocycles. The maximum atomic E-state index is 12.5. The van der Waals surface area contributed by atoms with Gasteiger partial charge in [-0.2, -0.15) is 0 Å². The summed E-state index contributed by atoms with van der Waals surface area (Å²) < 4.78 is 0. The largest absolute Gasteiger partial charge is 0.351 e. The molecule has 0 atom stereocenters. The van der Waals surface area contributed by atoms with Crippen molar-refractivity contribution in [2.75, 3.05) is 6.54 Å². The summed E-state index contributed by atoms with van der Waals surface area (Å²) >= 11 is 1.57. The van der Waals surface area contributed by atoms with Crippen LogP contribution in [0, 0.1) is 0 Å². The Morgan fingerprint density at radius 3 is 2.16 bits per heavy atom. The molecule has 0 saturated heterocycles. The summed E-state index contributed by atoms with van der Waals surface area (Å²) in [5.74, 6) is 0.0260. The molecule has 6 rings (SSSR count). The number of carbonyl (C=O) groups is 1. The third-order valence-electron chi connectivity index (χ3n) is 6.44. The molecule has 1 N–H and O–H groups in total. The molecule has 2 nitrogen and oxygen atoms in total. The molecule has 1 heterocycles. The summed E-state index contributed by atoms with van der Waals surface area (Å²) in [7, 11) is 0. The minimum Gasteiger partial charge on any atom is -0.351 e. The predicted octanol–water partition coefficient (Wildman–Crippen LogP) is 8.00. The molecule has 3 heteroatoms. The van der Waals surface area contributed by atoms with Gasteiger partial charge in [-0.25, -0.2) is 0 Å². The van der Waals surface area contributed by atoms with Crippen molar-refractivity contribution in [1.29, 1.82) is 0 Å². The van der Waals surface area contributed by atoms with E-state index in [2.05, 4.69) is 85.0 Å². The fraction of sp³-hybridized carbons (Fsp3) is 0.138. The Kier molecular flexibility index (Phi) is 4.58. The zero-order valence-electron chi connectivity index (χ0n) is 17.9. The number of unbranched alkanes of at least 4 members (excludes halogenated alkanes) is 1. The molecule has 0 aliphatic rings. The molecule has 5 aromatic carbocycles. The molecule has 1 aromatic heterocycles. The Hall–Kier alpha value is -3.43. The van der Waals surface area contributed by atoms with E-state index in [9.17, 15) is 4.79 Å². The lowest BCUT2D eigenvalue weighted by Gasteiger charge is -2.16.